The van der Waals surface area contributed by atoms with E-state index in [4.69, 9.17) is 0 Å². The molecule has 4 heteroatoms. The van der Waals surface area contributed by atoms with Crippen molar-refractivity contribution in [2.24, 2.45) is 0 Å². The van der Waals surface area contributed by atoms with Crippen LogP contribution >= 0.6 is 0 Å². The maximum absolute atomic E-state index is 11.4. The molecule has 1 atom stereocenters. The molecular weight excluding hydrogens is 212 g/mol. The molecule has 0 bridgehead atoms. The summed E-state index contributed by atoms with van der Waals surface area (Å²) in [7, 11) is -3.20. The van der Waals surface area contributed by atoms with E-state index < -0.39 is 15.1 Å². The molecule has 0 aliphatic carbocycles. The maximum Gasteiger partial charge on any atom is 0.157 e. The standard InChI is InChI=1S/C11H22O3S/c1-4-5-6-7-8-9-11(12)10(2)15(3,13)14/h10H,4-9H2,1-3H3. The molecule has 0 aliphatic heterocycles. The first-order valence-corrected chi connectivity index (χ1v) is 7.56. The Kier molecular flexibility index (Phi) is 6.81. The predicted molar refractivity (Wildman–Crippen MR) is 62.7 cm³/mol. The second-order valence-corrected chi connectivity index (χ2v) is 6.47. The molecule has 0 spiro atoms. The van der Waals surface area contributed by atoms with Gasteiger partial charge in [-0.15, -0.1) is 0 Å². The zero-order valence-electron chi connectivity index (χ0n) is 9.95. The third kappa shape index (κ3) is 6.66. The van der Waals surface area contributed by atoms with Crippen LogP contribution in [-0.4, -0.2) is 25.7 Å². The summed E-state index contributed by atoms with van der Waals surface area (Å²) in [6.07, 6.45) is 6.86. The van der Waals surface area contributed by atoms with Crippen molar-refractivity contribution in [1.82, 2.24) is 0 Å². The van der Waals surface area contributed by atoms with Gasteiger partial charge in [0.25, 0.3) is 0 Å². The smallest absolute Gasteiger partial charge is 0.157 e. The average molecular weight is 234 g/mol. The number of unbranched alkanes of at least 4 members (excludes halogenated alkanes) is 4. The van der Waals surface area contributed by atoms with E-state index >= 15 is 0 Å². The molecular formula is C11H22O3S. The summed E-state index contributed by atoms with van der Waals surface area (Å²) in [5, 5.41) is -0.830. The van der Waals surface area contributed by atoms with Gasteiger partial charge in [-0.05, 0) is 13.3 Å². The number of Topliss-reactive ketones (excluding diaryl/α,β-unsaturated/α-hetero) is 1. The minimum absolute atomic E-state index is 0.144. The first kappa shape index (κ1) is 14.6. The second kappa shape index (κ2) is 6.99. The summed E-state index contributed by atoms with van der Waals surface area (Å²) in [6.45, 7) is 3.61. The highest BCUT2D eigenvalue weighted by Crippen LogP contribution is 2.09. The Morgan fingerprint density at radius 1 is 1.13 bits per heavy atom. The fourth-order valence-electron chi connectivity index (χ4n) is 1.34. The van der Waals surface area contributed by atoms with E-state index in [-0.39, 0.29) is 5.78 Å². The Bertz CT molecular complexity index is 280. The highest BCUT2D eigenvalue weighted by molar-refractivity contribution is 7.92. The fraction of sp³-hybridized carbons (Fsp3) is 0.909. The molecule has 1 unspecified atom stereocenters. The van der Waals surface area contributed by atoms with Crippen LogP contribution in [0.3, 0.4) is 0 Å². The number of hydrogen-bond donors (Lipinski definition) is 0. The van der Waals surface area contributed by atoms with Crippen molar-refractivity contribution in [2.45, 2.75) is 57.6 Å². The topological polar surface area (TPSA) is 51.2 Å². The van der Waals surface area contributed by atoms with Crippen LogP contribution in [0.4, 0.5) is 0 Å². The van der Waals surface area contributed by atoms with E-state index in [9.17, 15) is 13.2 Å². The van der Waals surface area contributed by atoms with E-state index in [1.54, 1.807) is 0 Å². The van der Waals surface area contributed by atoms with Gasteiger partial charge >= 0.3 is 0 Å². The monoisotopic (exact) mass is 234 g/mol. The highest BCUT2D eigenvalue weighted by Gasteiger charge is 2.22. The minimum atomic E-state index is -3.20. The van der Waals surface area contributed by atoms with Gasteiger partial charge in [-0.25, -0.2) is 8.42 Å². The van der Waals surface area contributed by atoms with Crippen molar-refractivity contribution in [3.8, 4) is 0 Å². The van der Waals surface area contributed by atoms with Gasteiger partial charge in [0.1, 0.15) is 5.25 Å². The average Bonchev–Trinajstić information content (AvgIpc) is 2.14. The summed E-state index contributed by atoms with van der Waals surface area (Å²) in [5.74, 6) is -0.144. The van der Waals surface area contributed by atoms with Gasteiger partial charge in [0, 0.05) is 12.7 Å². The van der Waals surface area contributed by atoms with Crippen molar-refractivity contribution in [1.29, 1.82) is 0 Å². The van der Waals surface area contributed by atoms with Crippen molar-refractivity contribution < 1.29 is 13.2 Å². The predicted octanol–water partition coefficient (Wildman–Crippen LogP) is 2.35. The third-order valence-corrected chi connectivity index (χ3v) is 4.17. The third-order valence-electron chi connectivity index (χ3n) is 2.62. The molecule has 0 saturated carbocycles. The lowest BCUT2D eigenvalue weighted by molar-refractivity contribution is -0.118. The van der Waals surface area contributed by atoms with Crippen LogP contribution in [-0.2, 0) is 14.6 Å². The van der Waals surface area contributed by atoms with E-state index in [0.717, 1.165) is 25.5 Å². The molecule has 0 amide bonds. The van der Waals surface area contributed by atoms with Gasteiger partial charge in [0.2, 0.25) is 0 Å². The zero-order chi connectivity index (χ0) is 11.9. The van der Waals surface area contributed by atoms with Crippen LogP contribution in [0.15, 0.2) is 0 Å². The largest absolute Gasteiger partial charge is 0.298 e. The van der Waals surface area contributed by atoms with Crippen LogP contribution in [0, 0.1) is 0 Å². The lowest BCUT2D eigenvalue weighted by Gasteiger charge is -2.07. The second-order valence-electron chi connectivity index (χ2n) is 4.10. The first-order chi connectivity index (χ1) is 6.89. The van der Waals surface area contributed by atoms with Gasteiger partial charge < -0.3 is 0 Å². The summed E-state index contributed by atoms with van der Waals surface area (Å²) in [4.78, 5) is 11.4. The molecule has 3 nitrogen and oxygen atoms in total. The van der Waals surface area contributed by atoms with Gasteiger partial charge in [-0.2, -0.15) is 0 Å². The fourth-order valence-corrected chi connectivity index (χ4v) is 1.94. The number of hydrogen-bond acceptors (Lipinski definition) is 3. The van der Waals surface area contributed by atoms with E-state index in [1.807, 2.05) is 0 Å². The molecule has 0 aromatic rings. The Labute approximate surface area is 93.2 Å². The Morgan fingerprint density at radius 2 is 1.67 bits per heavy atom. The summed E-state index contributed by atoms with van der Waals surface area (Å²) in [5.41, 5.74) is 0. The van der Waals surface area contributed by atoms with Gasteiger partial charge in [0.15, 0.2) is 15.6 Å². The van der Waals surface area contributed by atoms with Crippen LogP contribution in [0.5, 0.6) is 0 Å². The minimum Gasteiger partial charge on any atom is -0.298 e. The van der Waals surface area contributed by atoms with Gasteiger partial charge in [0.05, 0.1) is 0 Å². The number of rotatable bonds is 8. The number of carbonyl (C=O) groups is 1. The van der Waals surface area contributed by atoms with Crippen molar-refractivity contribution in [3.63, 3.8) is 0 Å². The van der Waals surface area contributed by atoms with Gasteiger partial charge in [-0.3, -0.25) is 4.79 Å². The van der Waals surface area contributed by atoms with E-state index in [2.05, 4.69) is 6.92 Å². The number of ketones is 1. The maximum atomic E-state index is 11.4. The summed E-state index contributed by atoms with van der Waals surface area (Å²) >= 11 is 0. The first-order valence-electron chi connectivity index (χ1n) is 5.61. The normalized spacial score (nSPS) is 13.8. The molecule has 0 aromatic heterocycles. The van der Waals surface area contributed by atoms with Crippen LogP contribution in [0.1, 0.15) is 52.4 Å². The molecule has 0 N–H and O–H groups in total. The Balaban J connectivity index is 3.76. The molecule has 90 valence electrons. The SMILES string of the molecule is CCCCCCCC(=O)C(C)S(C)(=O)=O. The van der Waals surface area contributed by atoms with Crippen LogP contribution < -0.4 is 0 Å². The van der Waals surface area contributed by atoms with Crippen molar-refractivity contribution in [3.05, 3.63) is 0 Å². The number of carbonyl (C=O) groups excluding carboxylic acids is 1. The number of sulfone groups is 1. The lowest BCUT2D eigenvalue weighted by Crippen LogP contribution is -2.25. The molecule has 15 heavy (non-hydrogen) atoms. The van der Waals surface area contributed by atoms with Crippen molar-refractivity contribution >= 4 is 15.6 Å². The molecule has 0 heterocycles. The van der Waals surface area contributed by atoms with Crippen LogP contribution in [0.25, 0.3) is 0 Å². The molecule has 0 saturated heterocycles. The molecule has 0 aromatic carbocycles. The van der Waals surface area contributed by atoms with E-state index in [0.29, 0.717) is 6.42 Å². The molecule has 0 fully saturated rings. The Morgan fingerprint density at radius 3 is 2.13 bits per heavy atom. The molecule has 0 aliphatic rings. The van der Waals surface area contributed by atoms with Gasteiger partial charge in [-0.1, -0.05) is 32.6 Å². The Hall–Kier alpha value is -0.380. The summed E-state index contributed by atoms with van der Waals surface area (Å²) < 4.78 is 22.2. The highest BCUT2D eigenvalue weighted by atomic mass is 32.2. The molecule has 0 radical (unpaired) electrons. The zero-order valence-corrected chi connectivity index (χ0v) is 10.8. The van der Waals surface area contributed by atoms with Crippen LogP contribution in [0.2, 0.25) is 0 Å². The summed E-state index contributed by atoms with van der Waals surface area (Å²) in [6, 6.07) is 0. The molecule has 0 rings (SSSR count). The van der Waals surface area contributed by atoms with E-state index in [1.165, 1.54) is 19.8 Å². The lowest BCUT2D eigenvalue weighted by atomic mass is 10.1. The van der Waals surface area contributed by atoms with Crippen molar-refractivity contribution in [2.75, 3.05) is 6.26 Å². The quantitative estimate of drug-likeness (QED) is 0.606.